The summed E-state index contributed by atoms with van der Waals surface area (Å²) in [6.45, 7) is -0.683. The Balaban J connectivity index is 1.56. The van der Waals surface area contributed by atoms with Crippen molar-refractivity contribution in [1.82, 2.24) is 16.2 Å². The number of aliphatic hydroxyl groups excluding tert-OH is 10. The normalized spacial score (nSPS) is 37.3. The van der Waals surface area contributed by atoms with Gasteiger partial charge in [-0.15, -0.1) is 0 Å². The van der Waals surface area contributed by atoms with Crippen molar-refractivity contribution in [3.05, 3.63) is 0 Å². The first kappa shape index (κ1) is 47.3. The summed E-state index contributed by atoms with van der Waals surface area (Å²) in [5, 5.41) is 105. The van der Waals surface area contributed by atoms with E-state index in [1.807, 2.05) is 0 Å². The number of ketones is 1. The van der Waals surface area contributed by atoms with Crippen LogP contribution >= 0.6 is 0 Å². The Morgan fingerprint density at radius 2 is 1.24 bits per heavy atom. The molecule has 0 aromatic rings. The number of rotatable bonds is 22. The summed E-state index contributed by atoms with van der Waals surface area (Å²) >= 11 is 0. The van der Waals surface area contributed by atoms with E-state index in [0.717, 1.165) is 6.42 Å². The Bertz CT molecular complexity index is 1170. The van der Waals surface area contributed by atoms with Gasteiger partial charge < -0.3 is 90.5 Å². The zero-order valence-electron chi connectivity index (χ0n) is 30.4. The molecule has 3 aliphatic heterocycles. The number of unbranched alkanes of at least 4 members (excludes halogenated alkanes) is 1. The number of amides is 2. The van der Waals surface area contributed by atoms with Gasteiger partial charge in [-0.1, -0.05) is 6.42 Å². The Labute approximate surface area is 316 Å². The van der Waals surface area contributed by atoms with Gasteiger partial charge in [0.15, 0.2) is 18.9 Å². The molecule has 16 atom stereocenters. The number of Topliss-reactive ketones (excluding diaryl/α,β-unsaturated/α-hetero) is 1. The average molecular weight is 803 g/mol. The summed E-state index contributed by atoms with van der Waals surface area (Å²) in [6, 6.07) is -0.562. The summed E-state index contributed by atoms with van der Waals surface area (Å²) in [5.74, 6) is -1.00. The molecule has 0 radical (unpaired) electrons. The zero-order valence-corrected chi connectivity index (χ0v) is 30.4. The van der Waals surface area contributed by atoms with E-state index in [0.29, 0.717) is 19.4 Å². The van der Waals surface area contributed by atoms with Gasteiger partial charge in [-0.25, -0.2) is 5.43 Å². The van der Waals surface area contributed by atoms with Crippen LogP contribution in [0, 0.1) is 0 Å². The van der Waals surface area contributed by atoms with E-state index < -0.39 is 130 Å². The Morgan fingerprint density at radius 1 is 0.673 bits per heavy atom. The van der Waals surface area contributed by atoms with Crippen molar-refractivity contribution in [1.29, 1.82) is 0 Å². The van der Waals surface area contributed by atoms with Crippen molar-refractivity contribution in [2.24, 2.45) is 5.73 Å². The molecule has 3 heterocycles. The van der Waals surface area contributed by atoms with E-state index in [1.165, 1.54) is 6.92 Å². The van der Waals surface area contributed by atoms with Gasteiger partial charge >= 0.3 is 0 Å². The fraction of sp³-hybridized carbons (Fsp3) is 0.906. The molecular weight excluding hydrogens is 744 g/mol. The third-order valence-corrected chi connectivity index (χ3v) is 9.39. The minimum atomic E-state index is -1.91. The monoisotopic (exact) mass is 802 g/mol. The van der Waals surface area contributed by atoms with Crippen LogP contribution in [0.2, 0.25) is 0 Å². The maximum Gasteiger partial charge on any atom is 0.234 e. The molecule has 0 saturated carbocycles. The number of carbonyl (C=O) groups is 3. The second-order valence-corrected chi connectivity index (χ2v) is 13.6. The van der Waals surface area contributed by atoms with Gasteiger partial charge in [0.1, 0.15) is 79.0 Å². The first-order chi connectivity index (χ1) is 26.1. The van der Waals surface area contributed by atoms with Crippen LogP contribution in [0.4, 0.5) is 0 Å². The lowest BCUT2D eigenvalue weighted by atomic mass is 9.96. The molecule has 23 nitrogen and oxygen atoms in total. The van der Waals surface area contributed by atoms with Crippen LogP contribution in [0.3, 0.4) is 0 Å². The summed E-state index contributed by atoms with van der Waals surface area (Å²) in [4.78, 5) is 36.4. The van der Waals surface area contributed by atoms with Gasteiger partial charge in [0.05, 0.1) is 32.5 Å². The van der Waals surface area contributed by atoms with Crippen molar-refractivity contribution in [3.63, 3.8) is 0 Å². The predicted molar refractivity (Wildman–Crippen MR) is 180 cm³/mol. The lowest BCUT2D eigenvalue weighted by Gasteiger charge is -2.46. The maximum absolute atomic E-state index is 12.4. The number of hydrogen-bond acceptors (Lipinski definition) is 21. The number of hydrogen-bond donors (Lipinski definition) is 14. The Hall–Kier alpha value is -2.11. The van der Waals surface area contributed by atoms with Crippen LogP contribution < -0.4 is 21.9 Å². The molecule has 0 aromatic carbocycles. The molecule has 15 N–H and O–H groups in total. The molecule has 3 aliphatic rings. The van der Waals surface area contributed by atoms with Gasteiger partial charge in [-0.3, -0.25) is 19.8 Å². The van der Waals surface area contributed by atoms with Gasteiger partial charge in [0.2, 0.25) is 11.8 Å². The predicted octanol–water partition coefficient (Wildman–Crippen LogP) is -7.55. The van der Waals surface area contributed by atoms with Crippen LogP contribution in [0.1, 0.15) is 45.4 Å². The molecule has 320 valence electrons. The van der Waals surface area contributed by atoms with E-state index in [1.54, 1.807) is 0 Å². The lowest BCUT2D eigenvalue weighted by Crippen LogP contribution is -2.65. The largest absolute Gasteiger partial charge is 0.394 e. The Kier molecular flexibility index (Phi) is 20.1. The van der Waals surface area contributed by atoms with E-state index in [4.69, 9.17) is 34.2 Å². The molecule has 0 aliphatic carbocycles. The molecular formula is C32H58N4O19. The highest BCUT2D eigenvalue weighted by Crippen LogP contribution is 2.31. The third-order valence-electron chi connectivity index (χ3n) is 9.39. The highest BCUT2D eigenvalue weighted by atomic mass is 16.7. The molecule has 55 heavy (non-hydrogen) atoms. The SMILES string of the molecule is CC(=O)[C@H](CCCCN)NNC(=O)CCCC(=O)NCCO[C@H]1O[C@H](CO[C@H]2O[C@H](CO)[C@@H](O)[C@H](O)[C@@H]2O)[C@@H](O)[C@H](O[C@H]2O[C@H](CO)[C@@H](O)[C@H](O)[C@@H]2O)[C@@H]1O. The summed E-state index contributed by atoms with van der Waals surface area (Å²) in [5.41, 5.74) is 10.6. The zero-order chi connectivity index (χ0) is 40.8. The van der Waals surface area contributed by atoms with Gasteiger partial charge in [0.25, 0.3) is 0 Å². The third kappa shape index (κ3) is 13.5. The molecule has 23 heteroatoms. The topological polar surface area (TPSA) is 371 Å². The molecule has 3 saturated heterocycles. The lowest BCUT2D eigenvalue weighted by molar-refractivity contribution is -0.366. The minimum Gasteiger partial charge on any atom is -0.394 e. The number of nitrogens with one attached hydrogen (secondary N) is 3. The second-order valence-electron chi connectivity index (χ2n) is 13.6. The minimum absolute atomic E-state index is 0.0167. The molecule has 0 aromatic heterocycles. The molecule has 0 unspecified atom stereocenters. The molecule has 3 rings (SSSR count). The standard InChI is InChI=1S/C32H58N4O19/c1-14(39)15(5-2-3-8-33)35-36-20(41)7-4-6-19(40)34-9-10-50-31-28(49)29(55-32-27(48)25(46)22(43)17(12-38)53-32)23(44)18(54-31)13-51-30-26(47)24(45)21(42)16(11-37)52-30/h15-18,21-32,35,37-38,42-49H,2-13,33H2,1H3,(H,34,40)(H,36,41)/t15-,16+,17+,18+,21+,22+,23+,24-,25-,26-,27-,28-,29-,30-,31-,32+/m0/s1. The summed E-state index contributed by atoms with van der Waals surface area (Å²) in [7, 11) is 0. The number of aliphatic hydroxyl groups is 10. The summed E-state index contributed by atoms with van der Waals surface area (Å²) < 4.78 is 33.1. The smallest absolute Gasteiger partial charge is 0.234 e. The van der Waals surface area contributed by atoms with Crippen molar-refractivity contribution in [2.45, 2.75) is 144 Å². The van der Waals surface area contributed by atoms with Gasteiger partial charge in [0, 0.05) is 19.4 Å². The Morgan fingerprint density at radius 3 is 1.84 bits per heavy atom. The van der Waals surface area contributed by atoms with Crippen LogP contribution in [-0.4, -0.2) is 206 Å². The number of hydrazine groups is 1. The van der Waals surface area contributed by atoms with Crippen molar-refractivity contribution < 1.29 is 93.9 Å². The summed E-state index contributed by atoms with van der Waals surface area (Å²) in [6.07, 6.45) is -23.3. The van der Waals surface area contributed by atoms with Crippen LogP contribution in [0.15, 0.2) is 0 Å². The average Bonchev–Trinajstić information content (AvgIpc) is 3.16. The quantitative estimate of drug-likeness (QED) is 0.0357. The molecule has 2 amide bonds. The van der Waals surface area contributed by atoms with Crippen LogP contribution in [0.25, 0.3) is 0 Å². The molecule has 3 fully saturated rings. The molecule has 0 spiro atoms. The van der Waals surface area contributed by atoms with Crippen molar-refractivity contribution >= 4 is 17.6 Å². The van der Waals surface area contributed by atoms with Crippen molar-refractivity contribution in [3.8, 4) is 0 Å². The van der Waals surface area contributed by atoms with E-state index in [-0.39, 0.29) is 38.2 Å². The first-order valence-corrected chi connectivity index (χ1v) is 18.2. The number of nitrogens with two attached hydrogens (primary N) is 1. The van der Waals surface area contributed by atoms with Gasteiger partial charge in [-0.05, 0) is 32.7 Å². The van der Waals surface area contributed by atoms with E-state index >= 15 is 0 Å². The maximum atomic E-state index is 12.4. The number of carbonyl (C=O) groups excluding carboxylic acids is 3. The first-order valence-electron chi connectivity index (χ1n) is 18.2. The fourth-order valence-corrected chi connectivity index (χ4v) is 6.03. The van der Waals surface area contributed by atoms with Gasteiger partial charge in [-0.2, -0.15) is 0 Å². The highest BCUT2D eigenvalue weighted by Gasteiger charge is 2.52. The fourth-order valence-electron chi connectivity index (χ4n) is 6.03. The van der Waals surface area contributed by atoms with E-state index in [9.17, 15) is 65.4 Å². The number of ether oxygens (including phenoxy) is 6. The van der Waals surface area contributed by atoms with E-state index in [2.05, 4.69) is 16.2 Å². The molecule has 0 bridgehead atoms. The second kappa shape index (κ2) is 23.3. The van der Waals surface area contributed by atoms with Crippen LogP contribution in [0.5, 0.6) is 0 Å². The van der Waals surface area contributed by atoms with Crippen LogP contribution in [-0.2, 0) is 42.8 Å². The highest BCUT2D eigenvalue weighted by molar-refractivity contribution is 5.82. The van der Waals surface area contributed by atoms with Crippen molar-refractivity contribution in [2.75, 3.05) is 39.5 Å².